The number of halogens is 2. The molecule has 0 aliphatic rings. The van der Waals surface area contributed by atoms with Crippen molar-refractivity contribution in [2.24, 2.45) is 0 Å². The summed E-state index contributed by atoms with van der Waals surface area (Å²) in [6.07, 6.45) is 4.78. The lowest BCUT2D eigenvalue weighted by atomic mass is 10.0. The van der Waals surface area contributed by atoms with Gasteiger partial charge >= 0.3 is 0 Å². The van der Waals surface area contributed by atoms with Crippen LogP contribution in [0.1, 0.15) is 18.3 Å². The van der Waals surface area contributed by atoms with Gasteiger partial charge in [-0.3, -0.25) is 0 Å². The molecule has 1 aromatic carbocycles. The number of nitrogens with one attached hydrogen (secondary N) is 1. The summed E-state index contributed by atoms with van der Waals surface area (Å²) < 4.78 is 29.0. The van der Waals surface area contributed by atoms with E-state index in [4.69, 9.17) is 0 Å². The second-order valence-corrected chi connectivity index (χ2v) is 4.74. The van der Waals surface area contributed by atoms with Crippen molar-refractivity contribution in [1.29, 1.82) is 0 Å². The smallest absolute Gasteiger partial charge is 0.162 e. The third-order valence-electron chi connectivity index (χ3n) is 3.48. The van der Waals surface area contributed by atoms with Crippen LogP contribution in [0, 0.1) is 11.6 Å². The minimum Gasteiger partial charge on any atom is -0.335 e. The van der Waals surface area contributed by atoms with Crippen LogP contribution in [0.5, 0.6) is 0 Å². The Bertz CT molecular complexity index is 566. The Kier molecular flexibility index (Phi) is 4.84. The summed E-state index contributed by atoms with van der Waals surface area (Å²) in [5.41, 5.74) is 0.388. The van der Waals surface area contributed by atoms with E-state index in [0.717, 1.165) is 18.4 Å². The maximum absolute atomic E-state index is 13.7. The molecule has 0 radical (unpaired) electrons. The molecular weight excluding hydrogens is 260 g/mol. The third kappa shape index (κ3) is 3.22. The molecule has 2 aromatic rings. The lowest BCUT2D eigenvalue weighted by molar-refractivity contribution is 0.476. The molecule has 3 nitrogen and oxygen atoms in total. The number of aromatic nitrogens is 2. The first kappa shape index (κ1) is 14.7. The lowest BCUT2D eigenvalue weighted by Crippen LogP contribution is -2.31. The minimum atomic E-state index is -0.799. The van der Waals surface area contributed by atoms with Crippen molar-refractivity contribution in [3.05, 3.63) is 53.6 Å². The fraction of sp³-hybridized carbons (Fsp3) is 0.400. The van der Waals surface area contributed by atoms with Crippen molar-refractivity contribution in [2.75, 3.05) is 7.05 Å². The average Bonchev–Trinajstić information content (AvgIpc) is 2.90. The number of nitrogens with zero attached hydrogens (tertiary/aromatic N) is 2. The first-order valence-corrected chi connectivity index (χ1v) is 6.75. The van der Waals surface area contributed by atoms with Gasteiger partial charge in [0, 0.05) is 31.4 Å². The van der Waals surface area contributed by atoms with Crippen LogP contribution in [0.15, 0.2) is 30.6 Å². The van der Waals surface area contributed by atoms with Crippen LogP contribution in [0.4, 0.5) is 8.78 Å². The summed E-state index contributed by atoms with van der Waals surface area (Å²) in [5.74, 6) is -0.609. The highest BCUT2D eigenvalue weighted by Crippen LogP contribution is 2.15. The Balaban J connectivity index is 2.11. The number of hydrogen-bond donors (Lipinski definition) is 1. The van der Waals surface area contributed by atoms with E-state index in [0.29, 0.717) is 18.4 Å². The molecule has 108 valence electrons. The fourth-order valence-corrected chi connectivity index (χ4v) is 2.29. The number of rotatable bonds is 6. The van der Waals surface area contributed by atoms with Gasteiger partial charge in [0.1, 0.15) is 5.82 Å². The summed E-state index contributed by atoms with van der Waals surface area (Å²) in [6.45, 7) is 2.89. The fourth-order valence-electron chi connectivity index (χ4n) is 2.29. The van der Waals surface area contributed by atoms with E-state index < -0.39 is 11.6 Å². The van der Waals surface area contributed by atoms with Crippen molar-refractivity contribution in [3.63, 3.8) is 0 Å². The second kappa shape index (κ2) is 6.61. The normalized spacial score (nSPS) is 12.6. The molecule has 1 aromatic heterocycles. The van der Waals surface area contributed by atoms with Crippen LogP contribution in [0.2, 0.25) is 0 Å². The van der Waals surface area contributed by atoms with E-state index in [1.807, 2.05) is 24.7 Å². The molecule has 0 spiro atoms. The van der Waals surface area contributed by atoms with Gasteiger partial charge in [0.25, 0.3) is 0 Å². The zero-order valence-corrected chi connectivity index (χ0v) is 11.7. The Morgan fingerprint density at radius 1 is 1.30 bits per heavy atom. The first-order valence-electron chi connectivity index (χ1n) is 6.75. The second-order valence-electron chi connectivity index (χ2n) is 4.74. The summed E-state index contributed by atoms with van der Waals surface area (Å²) in [6, 6.07) is 4.30. The molecular formula is C15H19F2N3. The SMILES string of the molecule is CCn1ccnc1CC(Cc1cccc(F)c1F)NC. The summed E-state index contributed by atoms with van der Waals surface area (Å²) >= 11 is 0. The maximum Gasteiger partial charge on any atom is 0.162 e. The average molecular weight is 279 g/mol. The van der Waals surface area contributed by atoms with Gasteiger partial charge in [-0.25, -0.2) is 13.8 Å². The lowest BCUT2D eigenvalue weighted by Gasteiger charge is -2.17. The number of benzene rings is 1. The number of imidazole rings is 1. The molecule has 0 aliphatic carbocycles. The third-order valence-corrected chi connectivity index (χ3v) is 3.48. The molecule has 0 saturated carbocycles. The molecule has 1 atom stereocenters. The molecule has 1 heterocycles. The van der Waals surface area contributed by atoms with Crippen LogP contribution in [-0.2, 0) is 19.4 Å². The van der Waals surface area contributed by atoms with E-state index in [2.05, 4.69) is 10.3 Å². The highest BCUT2D eigenvalue weighted by Gasteiger charge is 2.15. The summed E-state index contributed by atoms with van der Waals surface area (Å²) in [7, 11) is 1.82. The zero-order valence-electron chi connectivity index (χ0n) is 11.7. The number of aryl methyl sites for hydroxylation is 1. The van der Waals surface area contributed by atoms with Gasteiger partial charge in [0.15, 0.2) is 11.6 Å². The van der Waals surface area contributed by atoms with Crippen molar-refractivity contribution < 1.29 is 8.78 Å². The monoisotopic (exact) mass is 279 g/mol. The predicted octanol–water partition coefficient (Wildman–Crippen LogP) is 2.55. The van der Waals surface area contributed by atoms with Gasteiger partial charge in [-0.2, -0.15) is 0 Å². The largest absolute Gasteiger partial charge is 0.335 e. The van der Waals surface area contributed by atoms with Crippen molar-refractivity contribution in [3.8, 4) is 0 Å². The van der Waals surface area contributed by atoms with Gasteiger partial charge in [-0.05, 0) is 32.0 Å². The Labute approximate surface area is 117 Å². The quantitative estimate of drug-likeness (QED) is 0.880. The van der Waals surface area contributed by atoms with E-state index in [9.17, 15) is 8.78 Å². The van der Waals surface area contributed by atoms with Crippen molar-refractivity contribution in [2.45, 2.75) is 32.4 Å². The number of likely N-dealkylation sites (N-methyl/N-ethyl adjacent to an activating group) is 1. The van der Waals surface area contributed by atoms with Crippen LogP contribution in [0.3, 0.4) is 0 Å². The van der Waals surface area contributed by atoms with Gasteiger partial charge in [0.2, 0.25) is 0 Å². The number of hydrogen-bond acceptors (Lipinski definition) is 2. The molecule has 0 amide bonds. The molecule has 1 N–H and O–H groups in total. The van der Waals surface area contributed by atoms with E-state index >= 15 is 0 Å². The molecule has 20 heavy (non-hydrogen) atoms. The van der Waals surface area contributed by atoms with E-state index in [-0.39, 0.29) is 6.04 Å². The van der Waals surface area contributed by atoms with Gasteiger partial charge < -0.3 is 9.88 Å². The highest BCUT2D eigenvalue weighted by atomic mass is 19.2. The van der Waals surface area contributed by atoms with Gasteiger partial charge in [0.05, 0.1) is 0 Å². The maximum atomic E-state index is 13.7. The molecule has 1 unspecified atom stereocenters. The van der Waals surface area contributed by atoms with E-state index in [1.165, 1.54) is 6.07 Å². The van der Waals surface area contributed by atoms with Gasteiger partial charge in [-0.1, -0.05) is 12.1 Å². The highest BCUT2D eigenvalue weighted by molar-refractivity contribution is 5.20. The topological polar surface area (TPSA) is 29.9 Å². The van der Waals surface area contributed by atoms with Crippen molar-refractivity contribution in [1.82, 2.24) is 14.9 Å². The summed E-state index contributed by atoms with van der Waals surface area (Å²) in [4.78, 5) is 4.31. The van der Waals surface area contributed by atoms with Crippen molar-refractivity contribution >= 4 is 0 Å². The molecule has 0 bridgehead atoms. The standard InChI is InChI=1S/C15H19F2N3/c1-3-20-8-7-19-14(20)10-12(18-2)9-11-5-4-6-13(16)15(11)17/h4-8,12,18H,3,9-10H2,1-2H3. The zero-order chi connectivity index (χ0) is 14.5. The molecule has 0 fully saturated rings. The molecule has 2 rings (SSSR count). The van der Waals surface area contributed by atoms with Crippen LogP contribution >= 0.6 is 0 Å². The first-order chi connectivity index (χ1) is 9.65. The molecule has 0 aliphatic heterocycles. The van der Waals surface area contributed by atoms with E-state index in [1.54, 1.807) is 12.3 Å². The van der Waals surface area contributed by atoms with Crippen LogP contribution < -0.4 is 5.32 Å². The van der Waals surface area contributed by atoms with Gasteiger partial charge in [-0.15, -0.1) is 0 Å². The molecule has 0 saturated heterocycles. The Morgan fingerprint density at radius 3 is 2.80 bits per heavy atom. The minimum absolute atomic E-state index is 0.0130. The van der Waals surface area contributed by atoms with Crippen LogP contribution in [0.25, 0.3) is 0 Å². The molecule has 5 heteroatoms. The Hall–Kier alpha value is -1.75. The predicted molar refractivity (Wildman–Crippen MR) is 74.5 cm³/mol. The van der Waals surface area contributed by atoms with Crippen LogP contribution in [-0.4, -0.2) is 22.6 Å². The Morgan fingerprint density at radius 2 is 2.10 bits per heavy atom. The summed E-state index contributed by atoms with van der Waals surface area (Å²) in [5, 5.41) is 3.14.